The van der Waals surface area contributed by atoms with Crippen molar-refractivity contribution in [2.75, 3.05) is 40.3 Å². The summed E-state index contributed by atoms with van der Waals surface area (Å²) < 4.78 is 12.1. The summed E-state index contributed by atoms with van der Waals surface area (Å²) in [7, 11) is 4.71. The van der Waals surface area contributed by atoms with E-state index in [1.54, 1.807) is 46.7 Å². The van der Waals surface area contributed by atoms with E-state index < -0.39 is 24.1 Å². The lowest BCUT2D eigenvalue weighted by molar-refractivity contribution is -0.141. The molecule has 0 bridgehead atoms. The number of hydrogen-bond acceptors (Lipinski definition) is 7. The number of amides is 4. The van der Waals surface area contributed by atoms with E-state index in [9.17, 15) is 24.0 Å². The third-order valence-electron chi connectivity index (χ3n) is 8.19. The second kappa shape index (κ2) is 13.0. The number of ether oxygens (including phenoxy) is 2. The van der Waals surface area contributed by atoms with Gasteiger partial charge >= 0.3 is 6.09 Å². The van der Waals surface area contributed by atoms with E-state index >= 15 is 0 Å². The molecule has 2 fully saturated rings. The quantitative estimate of drug-likeness (QED) is 0.464. The van der Waals surface area contributed by atoms with E-state index in [2.05, 4.69) is 10.6 Å². The van der Waals surface area contributed by atoms with Crippen LogP contribution in [0.2, 0.25) is 0 Å². The molecule has 1 aliphatic heterocycles. The fourth-order valence-corrected chi connectivity index (χ4v) is 5.82. The fourth-order valence-electron chi connectivity index (χ4n) is 5.82. The van der Waals surface area contributed by atoms with Gasteiger partial charge in [-0.2, -0.15) is 0 Å². The van der Waals surface area contributed by atoms with Gasteiger partial charge in [-0.05, 0) is 37.8 Å². The Bertz CT molecular complexity index is 1310. The van der Waals surface area contributed by atoms with Crippen LogP contribution in [0.3, 0.4) is 0 Å². The molecule has 1 saturated carbocycles. The molecular formula is C29H39N5O7. The minimum absolute atomic E-state index is 0.0185. The fraction of sp³-hybridized carbons (Fsp3) is 0.552. The number of carbonyl (C=O) groups excluding carboxylic acids is 5. The molecule has 0 radical (unpaired) electrons. The summed E-state index contributed by atoms with van der Waals surface area (Å²) in [6.45, 7) is 2.63. The molecule has 2 heterocycles. The molecular weight excluding hydrogens is 530 g/mol. The van der Waals surface area contributed by atoms with Crippen molar-refractivity contribution in [1.82, 2.24) is 25.0 Å². The van der Waals surface area contributed by atoms with E-state index in [-0.39, 0.29) is 30.8 Å². The Hall–Kier alpha value is -4.09. The number of hydrogen-bond donors (Lipinski definition) is 2. The highest BCUT2D eigenvalue weighted by Crippen LogP contribution is 2.30. The van der Waals surface area contributed by atoms with Gasteiger partial charge in [0, 0.05) is 51.7 Å². The number of methoxy groups -OCH3 is 1. The Morgan fingerprint density at radius 1 is 1.02 bits per heavy atom. The van der Waals surface area contributed by atoms with Crippen molar-refractivity contribution in [2.45, 2.75) is 51.2 Å². The highest BCUT2D eigenvalue weighted by Gasteiger charge is 2.37. The molecule has 2 unspecified atom stereocenters. The van der Waals surface area contributed by atoms with E-state index in [0.717, 1.165) is 32.1 Å². The van der Waals surface area contributed by atoms with Gasteiger partial charge in [0.2, 0.25) is 5.91 Å². The zero-order valence-corrected chi connectivity index (χ0v) is 24.1. The Balaban J connectivity index is 1.47. The summed E-state index contributed by atoms with van der Waals surface area (Å²) in [5.74, 6) is -0.407. The molecule has 12 nitrogen and oxygen atoms in total. The van der Waals surface area contributed by atoms with Crippen molar-refractivity contribution in [3.05, 3.63) is 29.5 Å². The third kappa shape index (κ3) is 6.31. The first kappa shape index (κ1) is 29.9. The van der Waals surface area contributed by atoms with Crippen molar-refractivity contribution in [3.63, 3.8) is 0 Å². The molecule has 222 valence electrons. The Kier molecular flexibility index (Phi) is 9.51. The number of piperazine rings is 1. The number of aldehydes is 1. The third-order valence-corrected chi connectivity index (χ3v) is 8.19. The summed E-state index contributed by atoms with van der Waals surface area (Å²) in [6.07, 6.45) is 3.60. The van der Waals surface area contributed by atoms with E-state index in [0.29, 0.717) is 47.3 Å². The maximum absolute atomic E-state index is 13.7. The van der Waals surface area contributed by atoms with Gasteiger partial charge in [0.1, 0.15) is 17.5 Å². The second-order valence-corrected chi connectivity index (χ2v) is 10.6. The number of aromatic nitrogens is 1. The second-order valence-electron chi connectivity index (χ2n) is 10.6. The molecule has 41 heavy (non-hydrogen) atoms. The zero-order chi connectivity index (χ0) is 29.7. The van der Waals surface area contributed by atoms with Crippen LogP contribution in [0.15, 0.2) is 18.2 Å². The number of carbonyl (C=O) groups is 5. The van der Waals surface area contributed by atoms with Gasteiger partial charge in [-0.15, -0.1) is 0 Å². The lowest BCUT2D eigenvalue weighted by atomic mass is 9.83. The lowest BCUT2D eigenvalue weighted by Gasteiger charge is -2.39. The zero-order valence-electron chi connectivity index (χ0n) is 24.1. The van der Waals surface area contributed by atoms with Gasteiger partial charge in [0.05, 0.1) is 18.2 Å². The number of nitrogens with one attached hydrogen (secondary N) is 2. The first-order valence-electron chi connectivity index (χ1n) is 14.1. The molecule has 1 saturated heterocycles. The number of rotatable bonds is 8. The van der Waals surface area contributed by atoms with Gasteiger partial charge in [-0.1, -0.05) is 19.3 Å². The normalized spacial score (nSPS) is 17.5. The molecule has 2 atom stereocenters. The van der Waals surface area contributed by atoms with Crippen LogP contribution in [-0.4, -0.2) is 97.0 Å². The molecule has 1 aromatic heterocycles. The monoisotopic (exact) mass is 569 g/mol. The van der Waals surface area contributed by atoms with Crippen molar-refractivity contribution in [2.24, 2.45) is 13.0 Å². The summed E-state index contributed by atoms with van der Waals surface area (Å²) in [4.78, 5) is 67.2. The lowest BCUT2D eigenvalue weighted by Crippen LogP contribution is -2.59. The summed E-state index contributed by atoms with van der Waals surface area (Å²) >= 11 is 0. The molecule has 4 rings (SSSR count). The number of fused-ring (bicyclic) bond motifs is 1. The van der Waals surface area contributed by atoms with Crippen molar-refractivity contribution < 1.29 is 33.4 Å². The molecule has 0 spiro atoms. The highest BCUT2D eigenvalue weighted by molar-refractivity contribution is 6.10. The maximum Gasteiger partial charge on any atom is 0.407 e. The Labute approximate surface area is 239 Å². The van der Waals surface area contributed by atoms with Crippen molar-refractivity contribution in [1.29, 1.82) is 0 Å². The van der Waals surface area contributed by atoms with Crippen LogP contribution in [0.4, 0.5) is 4.79 Å². The van der Waals surface area contributed by atoms with Crippen LogP contribution >= 0.6 is 0 Å². The van der Waals surface area contributed by atoms with Crippen LogP contribution in [0.25, 0.3) is 10.9 Å². The highest BCUT2D eigenvalue weighted by atomic mass is 16.6. The van der Waals surface area contributed by atoms with Crippen molar-refractivity contribution in [3.8, 4) is 5.75 Å². The molecule has 2 aliphatic rings. The van der Waals surface area contributed by atoms with Gasteiger partial charge in [-0.3, -0.25) is 19.2 Å². The van der Waals surface area contributed by atoms with Gasteiger partial charge in [0.15, 0.2) is 12.4 Å². The van der Waals surface area contributed by atoms with Crippen LogP contribution in [0, 0.1) is 5.92 Å². The maximum atomic E-state index is 13.7. The minimum atomic E-state index is -1.06. The van der Waals surface area contributed by atoms with Gasteiger partial charge in [0.25, 0.3) is 11.8 Å². The van der Waals surface area contributed by atoms with Gasteiger partial charge in [-0.25, -0.2) is 4.79 Å². The standard InChI is InChI=1S/C29H39N5O7/c1-18(41-29(39)30-2)26(36)31-24(19-8-6-5-7-9-19)27(37)33-12-14-34(15-13-33)28(38)25-22(17-35)21-11-10-20(40-4)16-23(21)32(25)3/h10-11,16-19,24H,5-9,12-15H2,1-4H3,(H,30,39)(H,31,36). The number of nitrogens with zero attached hydrogens (tertiary/aromatic N) is 3. The first-order chi connectivity index (χ1) is 19.7. The molecule has 2 N–H and O–H groups in total. The van der Waals surface area contributed by atoms with Crippen LogP contribution in [-0.2, 0) is 21.4 Å². The van der Waals surface area contributed by atoms with Gasteiger partial charge < -0.3 is 34.5 Å². The predicted molar refractivity (Wildman–Crippen MR) is 151 cm³/mol. The largest absolute Gasteiger partial charge is 0.497 e. The smallest absolute Gasteiger partial charge is 0.407 e. The number of aryl methyl sites for hydroxylation is 1. The SMILES string of the molecule is CNC(=O)OC(C)C(=O)NC(C(=O)N1CCN(C(=O)c2c(C=O)c3ccc(OC)cc3n2C)CC1)C1CCCCC1. The average Bonchev–Trinajstić information content (AvgIpc) is 3.29. The summed E-state index contributed by atoms with van der Waals surface area (Å²) in [5, 5.41) is 5.83. The number of benzene rings is 1. The Morgan fingerprint density at radius 2 is 1.68 bits per heavy atom. The average molecular weight is 570 g/mol. The number of alkyl carbamates (subject to hydrolysis) is 1. The molecule has 1 aromatic carbocycles. The Morgan fingerprint density at radius 3 is 2.29 bits per heavy atom. The van der Waals surface area contributed by atoms with E-state index in [1.807, 2.05) is 0 Å². The molecule has 2 aromatic rings. The van der Waals surface area contributed by atoms with Crippen LogP contribution in [0.5, 0.6) is 5.75 Å². The van der Waals surface area contributed by atoms with E-state index in [4.69, 9.17) is 9.47 Å². The molecule has 12 heteroatoms. The van der Waals surface area contributed by atoms with Crippen LogP contribution in [0.1, 0.15) is 59.9 Å². The molecule has 1 aliphatic carbocycles. The summed E-state index contributed by atoms with van der Waals surface area (Å²) in [6, 6.07) is 4.57. The first-order valence-corrected chi connectivity index (χ1v) is 14.1. The predicted octanol–water partition coefficient (Wildman–Crippen LogP) is 2.09. The topological polar surface area (TPSA) is 139 Å². The summed E-state index contributed by atoms with van der Waals surface area (Å²) in [5.41, 5.74) is 1.33. The van der Waals surface area contributed by atoms with Crippen LogP contribution < -0.4 is 15.4 Å². The van der Waals surface area contributed by atoms with Crippen molar-refractivity contribution >= 4 is 41.0 Å². The molecule has 4 amide bonds. The minimum Gasteiger partial charge on any atom is -0.497 e. The van der Waals surface area contributed by atoms with E-state index in [1.165, 1.54) is 14.0 Å².